The Labute approximate surface area is 176 Å². The minimum Gasteiger partial charge on any atom is -0.415 e. The fraction of sp³-hybridized carbons (Fsp3) is 0.211. The topological polar surface area (TPSA) is 57.8 Å². The van der Waals surface area contributed by atoms with Crippen LogP contribution < -0.4 is 4.74 Å². The van der Waals surface area contributed by atoms with Crippen LogP contribution in [0.15, 0.2) is 41.1 Å². The van der Waals surface area contributed by atoms with Crippen molar-refractivity contribution in [3.63, 3.8) is 0 Å². The lowest BCUT2D eigenvalue weighted by Crippen LogP contribution is -2.10. The largest absolute Gasteiger partial charge is 0.415 e. The lowest BCUT2D eigenvalue weighted by molar-refractivity contribution is -0.0530. The molecule has 6 nitrogen and oxygen atoms in total. The number of alkyl halides is 4. The van der Waals surface area contributed by atoms with Crippen molar-refractivity contribution in [1.82, 2.24) is 24.3 Å². The van der Waals surface area contributed by atoms with E-state index < -0.39 is 18.6 Å². The molecule has 0 radical (unpaired) electrons. The number of hydrogen-bond acceptors (Lipinski definition) is 4. The predicted octanol–water partition coefficient (Wildman–Crippen LogP) is 5.52. The Kier molecular flexibility index (Phi) is 5.22. The number of hydrogen-bond donors (Lipinski definition) is 0. The van der Waals surface area contributed by atoms with Gasteiger partial charge in [0.15, 0.2) is 5.82 Å². The zero-order valence-electron chi connectivity index (χ0n) is 15.7. The normalized spacial score (nSPS) is 11.8. The van der Waals surface area contributed by atoms with Crippen LogP contribution in [0.4, 0.5) is 17.6 Å². The van der Waals surface area contributed by atoms with E-state index in [9.17, 15) is 17.6 Å². The third-order valence-corrected chi connectivity index (χ3v) is 5.33. The number of benzene rings is 1. The van der Waals surface area contributed by atoms with Crippen molar-refractivity contribution in [2.24, 2.45) is 0 Å². The van der Waals surface area contributed by atoms with E-state index in [1.165, 1.54) is 31.5 Å². The van der Waals surface area contributed by atoms with Gasteiger partial charge in [-0.05, 0) is 43.7 Å². The summed E-state index contributed by atoms with van der Waals surface area (Å²) < 4.78 is 60.2. The fourth-order valence-electron chi connectivity index (χ4n) is 3.05. The quantitative estimate of drug-likeness (QED) is 0.350. The molecule has 3 heterocycles. The number of rotatable bonds is 5. The Bertz CT molecular complexity index is 1240. The SMILES string of the molecule is Cc1cc2c(cc1Br)ncn2-c1ccc(C(F)F)c(-n2nc(OC(F)F)cc2C)n1. The van der Waals surface area contributed by atoms with E-state index >= 15 is 0 Å². The van der Waals surface area contributed by atoms with Crippen molar-refractivity contribution in [2.45, 2.75) is 26.9 Å². The molecule has 0 amide bonds. The number of aryl methyl sites for hydroxylation is 2. The molecule has 0 aliphatic heterocycles. The van der Waals surface area contributed by atoms with Crippen molar-refractivity contribution in [3.05, 3.63) is 58.0 Å². The molecule has 1 aromatic carbocycles. The first-order valence-electron chi connectivity index (χ1n) is 8.69. The van der Waals surface area contributed by atoms with Gasteiger partial charge in [0, 0.05) is 16.2 Å². The fourth-order valence-corrected chi connectivity index (χ4v) is 3.38. The van der Waals surface area contributed by atoms with Crippen LogP contribution in [-0.4, -0.2) is 30.9 Å². The Balaban J connectivity index is 1.88. The number of pyridine rings is 1. The highest BCUT2D eigenvalue weighted by Crippen LogP contribution is 2.29. The Hall–Kier alpha value is -2.95. The third kappa shape index (κ3) is 3.64. The summed E-state index contributed by atoms with van der Waals surface area (Å²) in [7, 11) is 0. The van der Waals surface area contributed by atoms with E-state index in [2.05, 4.69) is 35.7 Å². The average Bonchev–Trinajstić information content (AvgIpc) is 3.24. The Morgan fingerprint density at radius 1 is 1.07 bits per heavy atom. The van der Waals surface area contributed by atoms with Crippen LogP contribution in [0.5, 0.6) is 5.88 Å². The molecule has 0 unspecified atom stereocenters. The lowest BCUT2D eigenvalue weighted by Gasteiger charge is -2.12. The zero-order chi connectivity index (χ0) is 21.6. The van der Waals surface area contributed by atoms with Gasteiger partial charge in [0.1, 0.15) is 12.1 Å². The lowest BCUT2D eigenvalue weighted by atomic mass is 10.2. The predicted molar refractivity (Wildman–Crippen MR) is 105 cm³/mol. The van der Waals surface area contributed by atoms with Gasteiger partial charge >= 0.3 is 6.61 Å². The van der Waals surface area contributed by atoms with E-state index in [4.69, 9.17) is 0 Å². The monoisotopic (exact) mass is 483 g/mol. The van der Waals surface area contributed by atoms with E-state index in [0.29, 0.717) is 17.0 Å². The van der Waals surface area contributed by atoms with Crippen LogP contribution in [0.3, 0.4) is 0 Å². The molecule has 0 aliphatic carbocycles. The van der Waals surface area contributed by atoms with Gasteiger partial charge in [0.2, 0.25) is 5.88 Å². The molecule has 156 valence electrons. The summed E-state index contributed by atoms with van der Waals surface area (Å²) in [6.45, 7) is 0.362. The van der Waals surface area contributed by atoms with E-state index in [1.807, 2.05) is 19.1 Å². The maximum Gasteiger partial charge on any atom is 0.388 e. The molecule has 0 saturated heterocycles. The first-order valence-corrected chi connectivity index (χ1v) is 9.48. The molecule has 0 bridgehead atoms. The zero-order valence-corrected chi connectivity index (χ0v) is 17.2. The number of ether oxygens (including phenoxy) is 1. The van der Waals surface area contributed by atoms with Gasteiger partial charge in [-0.3, -0.25) is 4.57 Å². The van der Waals surface area contributed by atoms with Gasteiger partial charge in [0.25, 0.3) is 6.43 Å². The number of fused-ring (bicyclic) bond motifs is 1. The van der Waals surface area contributed by atoms with Crippen LogP contribution >= 0.6 is 15.9 Å². The van der Waals surface area contributed by atoms with Crippen molar-refractivity contribution in [3.8, 4) is 17.5 Å². The number of halogens is 5. The maximum absolute atomic E-state index is 13.6. The van der Waals surface area contributed by atoms with E-state index in [1.54, 1.807) is 4.57 Å². The molecular weight excluding hydrogens is 470 g/mol. The molecule has 0 fully saturated rings. The molecule has 0 atom stereocenters. The molecular formula is C19H14BrF4N5O. The molecule has 0 spiro atoms. The van der Waals surface area contributed by atoms with Crippen LogP contribution in [0.2, 0.25) is 0 Å². The summed E-state index contributed by atoms with van der Waals surface area (Å²) in [4.78, 5) is 8.68. The smallest absolute Gasteiger partial charge is 0.388 e. The molecule has 0 aliphatic rings. The molecule has 3 aromatic heterocycles. The summed E-state index contributed by atoms with van der Waals surface area (Å²) >= 11 is 3.45. The first-order chi connectivity index (χ1) is 14.2. The molecule has 4 aromatic rings. The molecule has 11 heteroatoms. The van der Waals surface area contributed by atoms with Crippen molar-refractivity contribution < 1.29 is 22.3 Å². The van der Waals surface area contributed by atoms with Gasteiger partial charge in [-0.25, -0.2) is 23.4 Å². The standard InChI is InChI=1S/C19H14BrF4N5O/c1-9-5-14-13(7-12(9)20)25-8-28(14)15-4-3-11(17(21)22)18(26-15)29-10(2)6-16(27-29)30-19(23)24/h3-8,17,19H,1-2H3. The molecule has 4 rings (SSSR count). The summed E-state index contributed by atoms with van der Waals surface area (Å²) in [5.74, 6) is -0.242. The second-order valence-corrected chi connectivity index (χ2v) is 7.36. The molecule has 0 N–H and O–H groups in total. The Morgan fingerprint density at radius 3 is 2.53 bits per heavy atom. The maximum atomic E-state index is 13.6. The van der Waals surface area contributed by atoms with Crippen molar-refractivity contribution in [1.29, 1.82) is 0 Å². The van der Waals surface area contributed by atoms with Crippen molar-refractivity contribution in [2.75, 3.05) is 0 Å². The van der Waals surface area contributed by atoms with Gasteiger partial charge in [-0.2, -0.15) is 8.78 Å². The van der Waals surface area contributed by atoms with Crippen molar-refractivity contribution >= 4 is 27.0 Å². The van der Waals surface area contributed by atoms with Crippen LogP contribution in [-0.2, 0) is 0 Å². The highest BCUT2D eigenvalue weighted by Gasteiger charge is 2.21. The number of nitrogens with zero attached hydrogens (tertiary/aromatic N) is 5. The minimum atomic E-state index is -3.08. The average molecular weight is 484 g/mol. The summed E-state index contributed by atoms with van der Waals surface area (Å²) in [6, 6.07) is 7.64. The minimum absolute atomic E-state index is 0.181. The van der Waals surface area contributed by atoms with Gasteiger partial charge in [0.05, 0.1) is 16.6 Å². The Morgan fingerprint density at radius 2 is 1.83 bits per heavy atom. The number of aromatic nitrogens is 5. The third-order valence-electron chi connectivity index (χ3n) is 4.48. The van der Waals surface area contributed by atoms with Gasteiger partial charge in [-0.1, -0.05) is 15.9 Å². The van der Waals surface area contributed by atoms with Crippen LogP contribution in [0.1, 0.15) is 23.2 Å². The summed E-state index contributed by atoms with van der Waals surface area (Å²) in [5.41, 5.74) is 2.31. The van der Waals surface area contributed by atoms with E-state index in [-0.39, 0.29) is 11.7 Å². The highest BCUT2D eigenvalue weighted by atomic mass is 79.9. The first kappa shape index (κ1) is 20.3. The molecule has 30 heavy (non-hydrogen) atoms. The van der Waals surface area contributed by atoms with Crippen LogP contribution in [0, 0.1) is 13.8 Å². The van der Waals surface area contributed by atoms with E-state index in [0.717, 1.165) is 20.2 Å². The van der Waals surface area contributed by atoms with Gasteiger partial charge in [-0.15, -0.1) is 5.10 Å². The molecule has 0 saturated carbocycles. The van der Waals surface area contributed by atoms with Crippen LogP contribution in [0.25, 0.3) is 22.7 Å². The number of imidazole rings is 1. The second-order valence-electron chi connectivity index (χ2n) is 6.50. The highest BCUT2D eigenvalue weighted by molar-refractivity contribution is 9.10. The van der Waals surface area contributed by atoms with Gasteiger partial charge < -0.3 is 4.74 Å². The summed E-state index contributed by atoms with van der Waals surface area (Å²) in [5, 5.41) is 3.86. The second kappa shape index (κ2) is 7.71. The summed E-state index contributed by atoms with van der Waals surface area (Å²) in [6.07, 6.45) is -1.31.